The van der Waals surface area contributed by atoms with E-state index in [4.69, 9.17) is 26.6 Å². The van der Waals surface area contributed by atoms with Crippen LogP contribution in [0.2, 0.25) is 5.02 Å². The fourth-order valence-corrected chi connectivity index (χ4v) is 5.36. The first-order chi connectivity index (χ1) is 18.8. The van der Waals surface area contributed by atoms with E-state index in [-0.39, 0.29) is 6.42 Å². The molecule has 0 radical (unpaired) electrons. The van der Waals surface area contributed by atoms with Crippen molar-refractivity contribution >= 4 is 58.4 Å². The topological polar surface area (TPSA) is 117 Å². The first-order valence-corrected chi connectivity index (χ1v) is 13.5. The normalized spacial score (nSPS) is 12.9. The Labute approximate surface area is 234 Å². The average Bonchev–Trinajstić information content (AvgIpc) is 2.92. The molecule has 0 amide bonds. The molecule has 2 unspecified atom stereocenters. The van der Waals surface area contributed by atoms with Crippen molar-refractivity contribution in [1.82, 2.24) is 4.98 Å². The molecule has 2 atom stereocenters. The summed E-state index contributed by atoms with van der Waals surface area (Å²) in [5.41, 5.74) is 3.79. The van der Waals surface area contributed by atoms with Crippen molar-refractivity contribution in [3.8, 4) is 5.75 Å². The minimum absolute atomic E-state index is 0.0487. The van der Waals surface area contributed by atoms with Crippen molar-refractivity contribution in [2.45, 2.75) is 17.8 Å². The number of nitrogens with zero attached hydrogens (tertiary/aromatic N) is 1. The second-order valence-electron chi connectivity index (χ2n) is 8.71. The van der Waals surface area contributed by atoms with Gasteiger partial charge in [-0.3, -0.25) is 4.79 Å². The number of ether oxygens (including phenoxy) is 1. The summed E-state index contributed by atoms with van der Waals surface area (Å²) in [6.07, 6.45) is 2.77. The van der Waals surface area contributed by atoms with Crippen LogP contribution in [0.5, 0.6) is 5.75 Å². The molecule has 0 aliphatic rings. The van der Waals surface area contributed by atoms with Gasteiger partial charge >= 0.3 is 11.9 Å². The Morgan fingerprint density at radius 3 is 2.49 bits per heavy atom. The van der Waals surface area contributed by atoms with E-state index in [1.54, 1.807) is 24.3 Å². The van der Waals surface area contributed by atoms with Crippen LogP contribution in [0.4, 0.5) is 0 Å². The number of thioether (sulfide) groups is 1. The van der Waals surface area contributed by atoms with Crippen molar-refractivity contribution in [3.05, 3.63) is 106 Å². The molecule has 3 aromatic carbocycles. The first-order valence-electron chi connectivity index (χ1n) is 12.1. The molecular weight excluding hydrogens is 538 g/mol. The van der Waals surface area contributed by atoms with Crippen LogP contribution in [0.25, 0.3) is 23.1 Å². The number of halogens is 1. The smallest absolute Gasteiger partial charge is 0.341 e. The Kier molecular flexibility index (Phi) is 9.59. The van der Waals surface area contributed by atoms with Crippen LogP contribution in [-0.2, 0) is 9.59 Å². The lowest BCUT2D eigenvalue weighted by Gasteiger charge is -2.24. The number of hydrogen-bond donors (Lipinski definition) is 3. The number of aliphatic hydroxyl groups excluding tert-OH is 1. The average molecular weight is 564 g/mol. The van der Waals surface area contributed by atoms with E-state index in [2.05, 4.69) is 4.98 Å². The third-order valence-electron chi connectivity index (χ3n) is 5.82. The van der Waals surface area contributed by atoms with Gasteiger partial charge in [0.2, 0.25) is 0 Å². The Hall–Kier alpha value is -3.85. The van der Waals surface area contributed by atoms with Crippen LogP contribution < -0.4 is 4.74 Å². The lowest BCUT2D eigenvalue weighted by Crippen LogP contribution is -2.12. The first kappa shape index (κ1) is 28.2. The van der Waals surface area contributed by atoms with Crippen LogP contribution in [0.15, 0.2) is 78.9 Å². The van der Waals surface area contributed by atoms with E-state index >= 15 is 0 Å². The fourth-order valence-electron chi connectivity index (χ4n) is 3.97. The minimum atomic E-state index is -1.10. The summed E-state index contributed by atoms with van der Waals surface area (Å²) in [5, 5.41) is 30.5. The maximum absolute atomic E-state index is 11.3. The van der Waals surface area contributed by atoms with Crippen molar-refractivity contribution in [2.75, 3.05) is 12.4 Å². The Balaban J connectivity index is 1.59. The van der Waals surface area contributed by atoms with Gasteiger partial charge in [-0.25, -0.2) is 9.78 Å². The zero-order valence-electron chi connectivity index (χ0n) is 20.7. The summed E-state index contributed by atoms with van der Waals surface area (Å²) >= 11 is 7.45. The molecule has 200 valence electrons. The number of aliphatic carboxylic acids is 2. The van der Waals surface area contributed by atoms with Crippen LogP contribution in [0.3, 0.4) is 0 Å². The number of pyridine rings is 1. The Bertz CT molecular complexity index is 1510. The van der Waals surface area contributed by atoms with Gasteiger partial charge in [-0.1, -0.05) is 66.2 Å². The molecule has 1 aromatic heterocycles. The number of aliphatic hydroxyl groups is 1. The summed E-state index contributed by atoms with van der Waals surface area (Å²) in [7, 11) is 0. The number of carboxylic acids is 2. The van der Waals surface area contributed by atoms with Crippen molar-refractivity contribution in [1.29, 1.82) is 0 Å². The molecule has 0 aliphatic heterocycles. The molecule has 7 nitrogen and oxygen atoms in total. The Morgan fingerprint density at radius 2 is 1.69 bits per heavy atom. The van der Waals surface area contributed by atoms with Gasteiger partial charge in [-0.05, 0) is 53.1 Å². The predicted molar refractivity (Wildman–Crippen MR) is 154 cm³/mol. The van der Waals surface area contributed by atoms with Crippen LogP contribution in [0, 0.1) is 0 Å². The summed E-state index contributed by atoms with van der Waals surface area (Å²) in [6, 6.07) is 23.7. The maximum Gasteiger partial charge on any atom is 0.341 e. The largest absolute Gasteiger partial charge is 0.482 e. The molecule has 0 saturated carbocycles. The van der Waals surface area contributed by atoms with Gasteiger partial charge in [-0.2, -0.15) is 11.8 Å². The lowest BCUT2D eigenvalue weighted by molar-refractivity contribution is -0.139. The number of hydrogen-bond acceptors (Lipinski definition) is 6. The molecule has 1 heterocycles. The highest BCUT2D eigenvalue weighted by atomic mass is 35.5. The number of carbonyl (C=O) groups is 2. The highest BCUT2D eigenvalue weighted by Crippen LogP contribution is 2.41. The van der Waals surface area contributed by atoms with Crippen molar-refractivity contribution in [2.24, 2.45) is 0 Å². The second kappa shape index (κ2) is 13.3. The van der Waals surface area contributed by atoms with E-state index in [1.165, 1.54) is 11.8 Å². The third kappa shape index (κ3) is 8.07. The van der Waals surface area contributed by atoms with E-state index in [9.17, 15) is 14.7 Å². The zero-order chi connectivity index (χ0) is 27.8. The second-order valence-corrected chi connectivity index (χ2v) is 10.4. The quantitative estimate of drug-likeness (QED) is 0.179. The minimum Gasteiger partial charge on any atom is -0.482 e. The molecule has 0 spiro atoms. The van der Waals surface area contributed by atoms with Crippen LogP contribution in [0.1, 0.15) is 40.2 Å². The monoisotopic (exact) mass is 563 g/mol. The molecule has 0 fully saturated rings. The van der Waals surface area contributed by atoms with E-state index in [0.717, 1.165) is 27.7 Å². The molecule has 0 bridgehead atoms. The maximum atomic E-state index is 11.3. The summed E-state index contributed by atoms with van der Waals surface area (Å²) in [5.74, 6) is -1.39. The summed E-state index contributed by atoms with van der Waals surface area (Å²) < 4.78 is 5.27. The number of benzene rings is 3. The molecule has 4 rings (SSSR count). The van der Waals surface area contributed by atoms with E-state index < -0.39 is 29.9 Å². The summed E-state index contributed by atoms with van der Waals surface area (Å²) in [4.78, 5) is 26.7. The molecule has 3 N–H and O–H groups in total. The third-order valence-corrected chi connectivity index (χ3v) is 7.39. The van der Waals surface area contributed by atoms with Gasteiger partial charge in [-0.15, -0.1) is 0 Å². The number of carboxylic acid groups (broad SMARTS) is 2. The lowest BCUT2D eigenvalue weighted by atomic mass is 9.99. The van der Waals surface area contributed by atoms with Gasteiger partial charge < -0.3 is 20.1 Å². The number of rotatable bonds is 12. The molecular formula is C30H26ClNO6S. The van der Waals surface area contributed by atoms with E-state index in [0.29, 0.717) is 22.1 Å². The van der Waals surface area contributed by atoms with Crippen LogP contribution >= 0.6 is 23.4 Å². The summed E-state index contributed by atoms with van der Waals surface area (Å²) in [6.45, 7) is -0.496. The Morgan fingerprint density at radius 1 is 0.923 bits per heavy atom. The standard InChI is InChI=1S/C30H26ClNO6S/c31-23-10-8-20-9-12-24(32-26(20)17-23)11-7-19-3-1-5-22(15-19)30(39-14-13-27(33)34)29(37)21-4-2-6-25(16-21)38-18-28(35)36/h1-12,15-17,29-30,37H,13-14,18H2,(H,33,34)(H,35,36)/b11-7+. The van der Waals surface area contributed by atoms with E-state index in [1.807, 2.05) is 66.7 Å². The van der Waals surface area contributed by atoms with Gasteiger partial charge in [0.25, 0.3) is 0 Å². The van der Waals surface area contributed by atoms with Gasteiger partial charge in [0.15, 0.2) is 6.61 Å². The molecule has 0 saturated heterocycles. The van der Waals surface area contributed by atoms with Crippen molar-refractivity contribution in [3.63, 3.8) is 0 Å². The SMILES string of the molecule is O=C(O)CCSC(c1cccc(/C=C/c2ccc3ccc(Cl)cc3n2)c1)C(O)c1cccc(OCC(=O)O)c1. The number of aromatic nitrogens is 1. The molecule has 4 aromatic rings. The highest BCUT2D eigenvalue weighted by Gasteiger charge is 2.24. The van der Waals surface area contributed by atoms with Gasteiger partial charge in [0.05, 0.1) is 29.0 Å². The number of fused-ring (bicyclic) bond motifs is 1. The molecule has 39 heavy (non-hydrogen) atoms. The van der Waals surface area contributed by atoms with Crippen molar-refractivity contribution < 1.29 is 29.6 Å². The zero-order valence-corrected chi connectivity index (χ0v) is 22.3. The van der Waals surface area contributed by atoms with Gasteiger partial charge in [0, 0.05) is 16.2 Å². The van der Waals surface area contributed by atoms with Crippen LogP contribution in [-0.4, -0.2) is 44.6 Å². The van der Waals surface area contributed by atoms with Gasteiger partial charge in [0.1, 0.15) is 5.75 Å². The molecule has 9 heteroatoms. The fraction of sp³-hybridized carbons (Fsp3) is 0.167. The molecule has 0 aliphatic carbocycles. The highest BCUT2D eigenvalue weighted by molar-refractivity contribution is 7.99. The predicted octanol–water partition coefficient (Wildman–Crippen LogP) is 6.50.